The molecule has 4 nitrogen and oxygen atoms in total. The maximum atomic E-state index is 12.3. The molecule has 0 atom stereocenters. The second kappa shape index (κ2) is 6.43. The van der Waals surface area contributed by atoms with Crippen molar-refractivity contribution in [3.05, 3.63) is 29.8 Å². The number of carbonyl (C=O) groups is 1. The average Bonchev–Trinajstić information content (AvgIpc) is 2.43. The van der Waals surface area contributed by atoms with Crippen LogP contribution in [0.2, 0.25) is 0 Å². The minimum absolute atomic E-state index is 0.0263. The lowest BCUT2D eigenvalue weighted by Gasteiger charge is -2.44. The normalized spacial score (nSPS) is 24.0. The standard InChI is InChI=1S/C16H22N2O2S/c1-11-9-16(10-11,14(17)21)15(19)18-8-7-12-3-5-13(20-2)6-4-12/h3-6,11H,7-10H2,1-2H3,(H2,17,21)(H,18,19). The van der Waals surface area contributed by atoms with Crippen LogP contribution in [0.1, 0.15) is 25.3 Å². The van der Waals surface area contributed by atoms with E-state index in [1.165, 1.54) is 0 Å². The summed E-state index contributed by atoms with van der Waals surface area (Å²) >= 11 is 5.08. The molecule has 5 heteroatoms. The molecule has 1 aliphatic carbocycles. The smallest absolute Gasteiger partial charge is 0.233 e. The van der Waals surface area contributed by atoms with E-state index in [9.17, 15) is 4.79 Å². The van der Waals surface area contributed by atoms with Gasteiger partial charge in [0.05, 0.1) is 17.5 Å². The number of benzene rings is 1. The lowest BCUT2D eigenvalue weighted by atomic mass is 9.62. The zero-order chi connectivity index (χ0) is 15.5. The Kier molecular flexibility index (Phi) is 4.83. The fourth-order valence-corrected chi connectivity index (χ4v) is 3.17. The Hall–Kier alpha value is -1.62. The highest BCUT2D eigenvalue weighted by Gasteiger charge is 2.50. The van der Waals surface area contributed by atoms with Crippen LogP contribution >= 0.6 is 12.2 Å². The second-order valence-corrected chi connectivity index (χ2v) is 6.25. The maximum absolute atomic E-state index is 12.3. The van der Waals surface area contributed by atoms with E-state index in [1.54, 1.807) is 7.11 Å². The van der Waals surface area contributed by atoms with Crippen LogP contribution in [0.25, 0.3) is 0 Å². The van der Waals surface area contributed by atoms with Crippen LogP contribution in [-0.4, -0.2) is 24.6 Å². The summed E-state index contributed by atoms with van der Waals surface area (Å²) in [5.74, 6) is 1.32. The van der Waals surface area contributed by atoms with Gasteiger partial charge in [-0.1, -0.05) is 31.3 Å². The first-order chi connectivity index (χ1) is 9.98. The summed E-state index contributed by atoms with van der Waals surface area (Å²) in [5.41, 5.74) is 6.31. The van der Waals surface area contributed by atoms with E-state index >= 15 is 0 Å². The number of thiocarbonyl (C=S) groups is 1. The molecule has 0 aliphatic heterocycles. The molecule has 1 aromatic carbocycles. The summed E-state index contributed by atoms with van der Waals surface area (Å²) in [6, 6.07) is 7.84. The summed E-state index contributed by atoms with van der Waals surface area (Å²) < 4.78 is 5.12. The maximum Gasteiger partial charge on any atom is 0.233 e. The Morgan fingerprint density at radius 2 is 2.05 bits per heavy atom. The number of hydrogen-bond acceptors (Lipinski definition) is 3. The number of carbonyl (C=O) groups excluding carboxylic acids is 1. The van der Waals surface area contributed by atoms with Crippen LogP contribution in [0.3, 0.4) is 0 Å². The van der Waals surface area contributed by atoms with Gasteiger partial charge in [0, 0.05) is 6.54 Å². The third-order valence-corrected chi connectivity index (χ3v) is 4.55. The van der Waals surface area contributed by atoms with Gasteiger partial charge in [0.1, 0.15) is 5.75 Å². The van der Waals surface area contributed by atoms with Gasteiger partial charge in [-0.2, -0.15) is 0 Å². The molecule has 0 spiro atoms. The Labute approximate surface area is 131 Å². The number of methoxy groups -OCH3 is 1. The van der Waals surface area contributed by atoms with Crippen molar-refractivity contribution in [3.63, 3.8) is 0 Å². The van der Waals surface area contributed by atoms with E-state index in [1.807, 2.05) is 24.3 Å². The number of nitrogens with one attached hydrogen (secondary N) is 1. The predicted octanol–water partition coefficient (Wildman–Crippen LogP) is 2.06. The molecule has 0 heterocycles. The van der Waals surface area contributed by atoms with Crippen molar-refractivity contribution in [2.24, 2.45) is 17.1 Å². The van der Waals surface area contributed by atoms with Crippen molar-refractivity contribution in [2.75, 3.05) is 13.7 Å². The lowest BCUT2D eigenvalue weighted by molar-refractivity contribution is -0.132. The van der Waals surface area contributed by atoms with Crippen LogP contribution in [0.4, 0.5) is 0 Å². The fourth-order valence-electron chi connectivity index (χ4n) is 2.91. The quantitative estimate of drug-likeness (QED) is 0.790. The lowest BCUT2D eigenvalue weighted by Crippen LogP contribution is -2.56. The SMILES string of the molecule is COc1ccc(CCNC(=O)C2(C(N)=S)CC(C)C2)cc1. The Morgan fingerprint density at radius 1 is 1.43 bits per heavy atom. The van der Waals surface area contributed by atoms with E-state index in [2.05, 4.69) is 12.2 Å². The van der Waals surface area contributed by atoms with E-state index in [4.69, 9.17) is 22.7 Å². The highest BCUT2D eigenvalue weighted by molar-refractivity contribution is 7.80. The monoisotopic (exact) mass is 306 g/mol. The van der Waals surface area contributed by atoms with Crippen molar-refractivity contribution in [1.29, 1.82) is 0 Å². The second-order valence-electron chi connectivity index (χ2n) is 5.81. The van der Waals surface area contributed by atoms with Crippen LogP contribution < -0.4 is 15.8 Å². The molecule has 1 fully saturated rings. The molecule has 0 bridgehead atoms. The van der Waals surface area contributed by atoms with Crippen LogP contribution in [0, 0.1) is 11.3 Å². The zero-order valence-corrected chi connectivity index (χ0v) is 13.3. The first-order valence-corrected chi connectivity index (χ1v) is 7.60. The molecule has 0 saturated heterocycles. The highest BCUT2D eigenvalue weighted by atomic mass is 32.1. The summed E-state index contributed by atoms with van der Waals surface area (Å²) in [5, 5.41) is 2.97. The Balaban J connectivity index is 1.85. The van der Waals surface area contributed by atoms with Crippen molar-refractivity contribution >= 4 is 23.1 Å². The van der Waals surface area contributed by atoms with Gasteiger partial charge >= 0.3 is 0 Å². The zero-order valence-electron chi connectivity index (χ0n) is 12.5. The Bertz CT molecular complexity index is 522. The average molecular weight is 306 g/mol. The molecular formula is C16H22N2O2S. The molecule has 2 rings (SSSR count). The van der Waals surface area contributed by atoms with Crippen LogP contribution in [0.15, 0.2) is 24.3 Å². The van der Waals surface area contributed by atoms with Gasteiger partial charge in [0.2, 0.25) is 5.91 Å². The molecule has 0 radical (unpaired) electrons. The first kappa shape index (κ1) is 15.8. The van der Waals surface area contributed by atoms with Crippen LogP contribution in [0.5, 0.6) is 5.75 Å². The molecule has 1 aliphatic rings. The van der Waals surface area contributed by atoms with Gasteiger partial charge in [-0.05, 0) is 42.9 Å². The van der Waals surface area contributed by atoms with E-state index in [0.717, 1.165) is 30.6 Å². The minimum Gasteiger partial charge on any atom is -0.497 e. The van der Waals surface area contributed by atoms with Gasteiger partial charge in [-0.3, -0.25) is 4.79 Å². The van der Waals surface area contributed by atoms with Crippen molar-refractivity contribution in [3.8, 4) is 5.75 Å². The third-order valence-electron chi connectivity index (χ3n) is 4.16. The van der Waals surface area contributed by atoms with Crippen molar-refractivity contribution in [1.82, 2.24) is 5.32 Å². The summed E-state index contributed by atoms with van der Waals surface area (Å²) in [6.07, 6.45) is 2.30. The number of nitrogens with two attached hydrogens (primary N) is 1. The van der Waals surface area contributed by atoms with E-state index < -0.39 is 5.41 Å². The molecule has 114 valence electrons. The Morgan fingerprint density at radius 3 is 2.52 bits per heavy atom. The van der Waals surface area contributed by atoms with Crippen LogP contribution in [-0.2, 0) is 11.2 Å². The molecular weight excluding hydrogens is 284 g/mol. The molecule has 0 unspecified atom stereocenters. The molecule has 3 N–H and O–H groups in total. The molecule has 0 aromatic heterocycles. The summed E-state index contributed by atoms with van der Waals surface area (Å²) in [6.45, 7) is 2.70. The molecule has 1 saturated carbocycles. The highest BCUT2D eigenvalue weighted by Crippen LogP contribution is 2.45. The molecule has 1 amide bonds. The van der Waals surface area contributed by atoms with Gasteiger partial charge in [0.15, 0.2) is 0 Å². The van der Waals surface area contributed by atoms with Gasteiger partial charge in [0.25, 0.3) is 0 Å². The van der Waals surface area contributed by atoms with Gasteiger partial charge in [-0.15, -0.1) is 0 Å². The number of hydrogen-bond donors (Lipinski definition) is 2. The third kappa shape index (κ3) is 3.35. The fraction of sp³-hybridized carbons (Fsp3) is 0.500. The first-order valence-electron chi connectivity index (χ1n) is 7.19. The molecule has 21 heavy (non-hydrogen) atoms. The summed E-state index contributed by atoms with van der Waals surface area (Å²) in [7, 11) is 1.64. The topological polar surface area (TPSA) is 64.3 Å². The largest absolute Gasteiger partial charge is 0.497 e. The predicted molar refractivity (Wildman–Crippen MR) is 87.3 cm³/mol. The number of amides is 1. The summed E-state index contributed by atoms with van der Waals surface area (Å²) in [4.78, 5) is 12.6. The number of ether oxygens (including phenoxy) is 1. The van der Waals surface area contributed by atoms with Crippen molar-refractivity contribution in [2.45, 2.75) is 26.2 Å². The van der Waals surface area contributed by atoms with Gasteiger partial charge < -0.3 is 15.8 Å². The number of rotatable bonds is 6. The van der Waals surface area contributed by atoms with Gasteiger partial charge in [-0.25, -0.2) is 0 Å². The minimum atomic E-state index is -0.616. The van der Waals surface area contributed by atoms with E-state index in [-0.39, 0.29) is 5.91 Å². The van der Waals surface area contributed by atoms with Crippen molar-refractivity contribution < 1.29 is 9.53 Å². The van der Waals surface area contributed by atoms with E-state index in [0.29, 0.717) is 17.5 Å². The molecule has 1 aromatic rings.